The summed E-state index contributed by atoms with van der Waals surface area (Å²) in [5, 5.41) is 8.34. The van der Waals surface area contributed by atoms with Gasteiger partial charge in [0, 0.05) is 53.5 Å². The number of amides is 2. The second-order valence-corrected chi connectivity index (χ2v) is 11.6. The summed E-state index contributed by atoms with van der Waals surface area (Å²) in [4.78, 5) is 38.0. The number of aromatic nitrogens is 2. The molecule has 8 nitrogen and oxygen atoms in total. The predicted molar refractivity (Wildman–Crippen MR) is 142 cm³/mol. The molecule has 2 aromatic heterocycles. The fourth-order valence-electron chi connectivity index (χ4n) is 5.39. The number of aromatic amines is 1. The summed E-state index contributed by atoms with van der Waals surface area (Å²) >= 11 is 7.58. The molecule has 1 aliphatic heterocycles. The quantitative estimate of drug-likeness (QED) is 0.427. The van der Waals surface area contributed by atoms with Crippen LogP contribution in [0.4, 0.5) is 0 Å². The smallest absolute Gasteiger partial charge is 0.280 e. The number of fused-ring (bicyclic) bond motifs is 2. The van der Waals surface area contributed by atoms with Gasteiger partial charge in [0.1, 0.15) is 5.69 Å². The van der Waals surface area contributed by atoms with Gasteiger partial charge in [0.2, 0.25) is 0 Å². The van der Waals surface area contributed by atoms with Gasteiger partial charge in [-0.05, 0) is 57.4 Å². The molecule has 2 amide bonds. The Hall–Kier alpha value is -2.46. The number of halogens is 1. The molecule has 10 heteroatoms. The minimum atomic E-state index is -0.707. The van der Waals surface area contributed by atoms with E-state index in [2.05, 4.69) is 39.3 Å². The molecular weight excluding hydrogens is 498 g/mol. The van der Waals surface area contributed by atoms with E-state index in [1.54, 1.807) is 19.2 Å². The summed E-state index contributed by atoms with van der Waals surface area (Å²) < 4.78 is 5.55. The van der Waals surface area contributed by atoms with E-state index >= 15 is 0 Å². The van der Waals surface area contributed by atoms with Crippen molar-refractivity contribution in [3.8, 4) is 0 Å². The number of nitrogens with one attached hydrogen (secondary N) is 3. The number of benzene rings is 1. The Balaban J connectivity index is 1.32. The summed E-state index contributed by atoms with van der Waals surface area (Å²) in [5.41, 5.74) is 1.61. The SMILES string of the molecule is COCC1(NC(=O)c2cc3cc(Cl)ccc3[nH]2)CCCC1NC(=O)c1nc2c(s1)CN(C(C)C)CC2. The molecule has 5 rings (SSSR count). The van der Waals surface area contributed by atoms with E-state index in [1.807, 2.05) is 12.1 Å². The molecule has 0 bridgehead atoms. The predicted octanol–water partition coefficient (Wildman–Crippen LogP) is 4.14. The number of carbonyl (C=O) groups excluding carboxylic acids is 2. The van der Waals surface area contributed by atoms with Gasteiger partial charge in [-0.15, -0.1) is 11.3 Å². The third-order valence-electron chi connectivity index (χ3n) is 7.37. The second kappa shape index (κ2) is 10.1. The number of hydrogen-bond donors (Lipinski definition) is 3. The van der Waals surface area contributed by atoms with Crippen molar-refractivity contribution in [2.24, 2.45) is 0 Å². The van der Waals surface area contributed by atoms with Crippen molar-refractivity contribution >= 4 is 45.7 Å². The maximum absolute atomic E-state index is 13.3. The summed E-state index contributed by atoms with van der Waals surface area (Å²) in [5.74, 6) is -0.425. The van der Waals surface area contributed by atoms with Gasteiger partial charge in [-0.25, -0.2) is 4.98 Å². The van der Waals surface area contributed by atoms with Gasteiger partial charge < -0.3 is 20.4 Å². The first-order valence-corrected chi connectivity index (χ1v) is 13.6. The third kappa shape index (κ3) is 4.89. The van der Waals surface area contributed by atoms with Crippen LogP contribution >= 0.6 is 22.9 Å². The molecule has 3 heterocycles. The van der Waals surface area contributed by atoms with Crippen LogP contribution in [0.2, 0.25) is 5.02 Å². The molecule has 3 N–H and O–H groups in total. The van der Waals surface area contributed by atoms with E-state index in [4.69, 9.17) is 16.3 Å². The van der Waals surface area contributed by atoms with E-state index in [0.29, 0.717) is 34.8 Å². The normalized spacial score (nSPS) is 22.2. The molecule has 0 radical (unpaired) electrons. The molecule has 2 aliphatic rings. The van der Waals surface area contributed by atoms with Gasteiger partial charge in [-0.1, -0.05) is 11.6 Å². The molecule has 2 unspecified atom stereocenters. The van der Waals surface area contributed by atoms with E-state index < -0.39 is 5.54 Å². The molecular formula is C26H32ClN5O3S. The van der Waals surface area contributed by atoms with E-state index in [0.717, 1.165) is 48.9 Å². The van der Waals surface area contributed by atoms with Crippen LogP contribution in [0.5, 0.6) is 0 Å². The molecule has 36 heavy (non-hydrogen) atoms. The van der Waals surface area contributed by atoms with Crippen molar-refractivity contribution < 1.29 is 14.3 Å². The average Bonchev–Trinajstić information content (AvgIpc) is 3.55. The minimum absolute atomic E-state index is 0.188. The Labute approximate surface area is 219 Å². The second-order valence-electron chi connectivity index (χ2n) is 10.1. The highest BCUT2D eigenvalue weighted by atomic mass is 35.5. The summed E-state index contributed by atoms with van der Waals surface area (Å²) in [6.45, 7) is 6.47. The van der Waals surface area contributed by atoms with Crippen LogP contribution in [-0.2, 0) is 17.7 Å². The Morgan fingerprint density at radius 3 is 2.94 bits per heavy atom. The molecule has 0 saturated heterocycles. The first-order valence-electron chi connectivity index (χ1n) is 12.4. The first kappa shape index (κ1) is 25.2. The van der Waals surface area contributed by atoms with Crippen LogP contribution in [0.15, 0.2) is 24.3 Å². The number of carbonyl (C=O) groups is 2. The van der Waals surface area contributed by atoms with E-state index in [1.165, 1.54) is 16.2 Å². The topological polar surface area (TPSA) is 99.3 Å². The maximum atomic E-state index is 13.3. The lowest BCUT2D eigenvalue weighted by Crippen LogP contribution is -2.62. The molecule has 1 saturated carbocycles. The van der Waals surface area contributed by atoms with Gasteiger partial charge >= 0.3 is 0 Å². The van der Waals surface area contributed by atoms with Crippen molar-refractivity contribution in [1.29, 1.82) is 0 Å². The highest BCUT2D eigenvalue weighted by Crippen LogP contribution is 2.33. The molecule has 1 fully saturated rings. The molecule has 1 aliphatic carbocycles. The van der Waals surface area contributed by atoms with Crippen LogP contribution < -0.4 is 10.6 Å². The molecule has 3 aromatic rings. The Morgan fingerprint density at radius 1 is 1.33 bits per heavy atom. The lowest BCUT2D eigenvalue weighted by Gasteiger charge is -2.36. The van der Waals surface area contributed by atoms with E-state index in [-0.39, 0.29) is 17.9 Å². The Bertz CT molecular complexity index is 1290. The number of thiazole rings is 1. The number of ether oxygens (including phenoxy) is 1. The highest BCUT2D eigenvalue weighted by molar-refractivity contribution is 7.13. The number of nitrogens with zero attached hydrogens (tertiary/aromatic N) is 2. The van der Waals surface area contributed by atoms with Crippen molar-refractivity contribution in [3.05, 3.63) is 50.6 Å². The average molecular weight is 530 g/mol. The summed E-state index contributed by atoms with van der Waals surface area (Å²) in [6, 6.07) is 7.45. The van der Waals surface area contributed by atoms with Crippen molar-refractivity contribution in [1.82, 2.24) is 25.5 Å². The lowest BCUT2D eigenvalue weighted by molar-refractivity contribution is 0.0654. The van der Waals surface area contributed by atoms with Crippen LogP contribution in [-0.4, -0.2) is 64.6 Å². The lowest BCUT2D eigenvalue weighted by atomic mass is 9.93. The standard InChI is InChI=1S/C26H32ClN5O3S/c1-15(2)32-10-8-19-21(13-32)36-25(29-19)24(34)30-22-5-4-9-26(22,14-35-3)31-23(33)20-12-16-11-17(27)6-7-18(16)28-20/h6-7,11-12,15,22,28H,4-5,8-10,13-14H2,1-3H3,(H,30,34)(H,31,33). The number of methoxy groups -OCH3 is 1. The zero-order valence-corrected chi connectivity index (χ0v) is 22.4. The maximum Gasteiger partial charge on any atom is 0.280 e. The first-order chi connectivity index (χ1) is 17.3. The zero-order valence-electron chi connectivity index (χ0n) is 20.8. The fourth-order valence-corrected chi connectivity index (χ4v) is 6.61. The van der Waals surface area contributed by atoms with Gasteiger partial charge in [-0.3, -0.25) is 14.5 Å². The van der Waals surface area contributed by atoms with E-state index in [9.17, 15) is 9.59 Å². The zero-order chi connectivity index (χ0) is 25.4. The van der Waals surface area contributed by atoms with Gasteiger partial charge in [-0.2, -0.15) is 0 Å². The monoisotopic (exact) mass is 529 g/mol. The van der Waals surface area contributed by atoms with Gasteiger partial charge in [0.05, 0.1) is 23.9 Å². The number of hydrogen-bond acceptors (Lipinski definition) is 6. The minimum Gasteiger partial charge on any atom is -0.382 e. The molecule has 0 spiro atoms. The Morgan fingerprint density at radius 2 is 2.17 bits per heavy atom. The fraction of sp³-hybridized carbons (Fsp3) is 0.500. The molecule has 192 valence electrons. The van der Waals surface area contributed by atoms with Crippen molar-refractivity contribution in [3.63, 3.8) is 0 Å². The summed E-state index contributed by atoms with van der Waals surface area (Å²) in [6.07, 6.45) is 3.19. The van der Waals surface area contributed by atoms with Gasteiger partial charge in [0.15, 0.2) is 5.01 Å². The number of H-pyrrole nitrogens is 1. The number of rotatable bonds is 7. The Kier molecular flexibility index (Phi) is 7.09. The van der Waals surface area contributed by atoms with Crippen LogP contribution in [0.3, 0.4) is 0 Å². The van der Waals surface area contributed by atoms with Crippen LogP contribution in [0.25, 0.3) is 10.9 Å². The largest absolute Gasteiger partial charge is 0.382 e. The molecule has 1 aromatic carbocycles. The molecule has 2 atom stereocenters. The van der Waals surface area contributed by atoms with Crippen molar-refractivity contribution in [2.45, 2.75) is 63.7 Å². The van der Waals surface area contributed by atoms with Crippen LogP contribution in [0.1, 0.15) is 64.0 Å². The summed E-state index contributed by atoms with van der Waals surface area (Å²) in [7, 11) is 1.62. The van der Waals surface area contributed by atoms with Crippen LogP contribution in [0, 0.1) is 0 Å². The highest BCUT2D eigenvalue weighted by Gasteiger charge is 2.45. The van der Waals surface area contributed by atoms with Gasteiger partial charge in [0.25, 0.3) is 11.8 Å². The van der Waals surface area contributed by atoms with Crippen molar-refractivity contribution in [2.75, 3.05) is 20.3 Å². The third-order valence-corrected chi connectivity index (χ3v) is 8.68.